The summed E-state index contributed by atoms with van der Waals surface area (Å²) in [6, 6.07) is 1.73. The Morgan fingerprint density at radius 1 is 1.67 bits per heavy atom. The van der Waals surface area contributed by atoms with Crippen LogP contribution in [0.4, 0.5) is 5.69 Å². The maximum Gasteiger partial charge on any atom is 0.265 e. The van der Waals surface area contributed by atoms with E-state index in [0.29, 0.717) is 11.4 Å². The molecule has 1 aliphatic heterocycles. The summed E-state index contributed by atoms with van der Waals surface area (Å²) in [6.45, 7) is 1.71. The Bertz CT molecular complexity index is 325. The van der Waals surface area contributed by atoms with Crippen molar-refractivity contribution in [1.29, 1.82) is 0 Å². The van der Waals surface area contributed by atoms with Crippen LogP contribution in [0.5, 0.6) is 5.75 Å². The third-order valence-electron chi connectivity index (χ3n) is 1.71. The fourth-order valence-corrected chi connectivity index (χ4v) is 1.06. The molecule has 0 radical (unpaired) electrons. The third-order valence-corrected chi connectivity index (χ3v) is 1.71. The van der Waals surface area contributed by atoms with E-state index in [1.54, 1.807) is 25.4 Å². The lowest BCUT2D eigenvalue weighted by Gasteiger charge is -2.22. The normalized spacial score (nSPS) is 20.8. The van der Waals surface area contributed by atoms with Crippen molar-refractivity contribution in [2.45, 2.75) is 13.0 Å². The Balaban J connectivity index is 2.40. The van der Waals surface area contributed by atoms with Crippen molar-refractivity contribution in [1.82, 2.24) is 4.98 Å². The molecule has 0 aliphatic carbocycles. The van der Waals surface area contributed by atoms with Crippen LogP contribution in [0, 0.1) is 0 Å². The molecule has 1 atom stereocenters. The predicted octanol–water partition coefficient (Wildman–Crippen LogP) is 0.801. The molecule has 1 N–H and O–H groups in total. The first-order valence-corrected chi connectivity index (χ1v) is 3.69. The minimum atomic E-state index is -0.417. The van der Waals surface area contributed by atoms with E-state index in [1.807, 2.05) is 0 Å². The lowest BCUT2D eigenvalue weighted by atomic mass is 10.2. The maximum absolute atomic E-state index is 11.1. The molecule has 1 aromatic heterocycles. The Kier molecular flexibility index (Phi) is 1.46. The average Bonchev–Trinajstić information content (AvgIpc) is 2.07. The van der Waals surface area contributed by atoms with Gasteiger partial charge in [0.1, 0.15) is 11.4 Å². The first kappa shape index (κ1) is 7.09. The largest absolute Gasteiger partial charge is 0.479 e. The van der Waals surface area contributed by atoms with Crippen LogP contribution in [0.15, 0.2) is 18.5 Å². The van der Waals surface area contributed by atoms with Gasteiger partial charge in [0.2, 0.25) is 0 Å². The first-order valence-electron chi connectivity index (χ1n) is 3.69. The smallest absolute Gasteiger partial charge is 0.265 e. The summed E-state index contributed by atoms with van der Waals surface area (Å²) >= 11 is 0. The van der Waals surface area contributed by atoms with Crippen LogP contribution < -0.4 is 10.1 Å². The molecule has 0 fully saturated rings. The number of anilines is 1. The molecule has 0 saturated heterocycles. The summed E-state index contributed by atoms with van der Waals surface area (Å²) < 4.78 is 5.29. The van der Waals surface area contributed by atoms with Crippen LogP contribution in [0.3, 0.4) is 0 Å². The Morgan fingerprint density at radius 2 is 2.50 bits per heavy atom. The number of ether oxygens (including phenoxy) is 1. The number of nitrogens with one attached hydrogen (secondary N) is 1. The molecule has 0 bridgehead atoms. The highest BCUT2D eigenvalue weighted by atomic mass is 16.5. The van der Waals surface area contributed by atoms with E-state index in [-0.39, 0.29) is 5.91 Å². The number of amides is 1. The van der Waals surface area contributed by atoms with E-state index in [9.17, 15) is 4.79 Å². The van der Waals surface area contributed by atoms with Gasteiger partial charge in [0.05, 0.1) is 6.20 Å². The molecular weight excluding hydrogens is 156 g/mol. The van der Waals surface area contributed by atoms with E-state index in [2.05, 4.69) is 10.3 Å². The van der Waals surface area contributed by atoms with Crippen molar-refractivity contribution in [2.24, 2.45) is 0 Å². The van der Waals surface area contributed by atoms with Gasteiger partial charge in [-0.15, -0.1) is 0 Å². The Labute approximate surface area is 69.6 Å². The second-order valence-electron chi connectivity index (χ2n) is 2.62. The number of hydrogen-bond donors (Lipinski definition) is 1. The van der Waals surface area contributed by atoms with Crippen molar-refractivity contribution in [3.8, 4) is 5.75 Å². The van der Waals surface area contributed by atoms with E-state index in [1.165, 1.54) is 0 Å². The lowest BCUT2D eigenvalue weighted by Crippen LogP contribution is -2.34. The van der Waals surface area contributed by atoms with Gasteiger partial charge in [0, 0.05) is 12.3 Å². The van der Waals surface area contributed by atoms with Gasteiger partial charge in [-0.2, -0.15) is 0 Å². The van der Waals surface area contributed by atoms with Crippen LogP contribution in [0.25, 0.3) is 0 Å². The minimum absolute atomic E-state index is 0.129. The topological polar surface area (TPSA) is 51.2 Å². The summed E-state index contributed by atoms with van der Waals surface area (Å²) in [6.07, 6.45) is 2.78. The highest BCUT2D eigenvalue weighted by Crippen LogP contribution is 2.27. The van der Waals surface area contributed by atoms with E-state index < -0.39 is 6.10 Å². The molecule has 1 aromatic rings. The van der Waals surface area contributed by atoms with E-state index in [0.717, 1.165) is 0 Å². The van der Waals surface area contributed by atoms with Crippen LogP contribution in [-0.4, -0.2) is 17.0 Å². The second-order valence-corrected chi connectivity index (χ2v) is 2.62. The van der Waals surface area contributed by atoms with E-state index in [4.69, 9.17) is 4.74 Å². The highest BCUT2D eigenvalue weighted by molar-refractivity contribution is 5.97. The zero-order chi connectivity index (χ0) is 8.55. The Hall–Kier alpha value is -1.58. The number of carbonyl (C=O) groups is 1. The number of hydrogen-bond acceptors (Lipinski definition) is 3. The van der Waals surface area contributed by atoms with Crippen LogP contribution in [0.2, 0.25) is 0 Å². The van der Waals surface area contributed by atoms with Gasteiger partial charge < -0.3 is 10.1 Å². The molecule has 4 nitrogen and oxygen atoms in total. The second kappa shape index (κ2) is 2.48. The molecule has 4 heteroatoms. The standard InChI is InChI=1S/C8H8N2O2/c1-5-8(11)10-6-4-9-3-2-7(6)12-5/h2-5H,1H3,(H,10,11). The summed E-state index contributed by atoms with van der Waals surface area (Å²) in [4.78, 5) is 15.0. The quantitative estimate of drug-likeness (QED) is 0.617. The summed E-state index contributed by atoms with van der Waals surface area (Å²) in [5.41, 5.74) is 0.639. The van der Waals surface area contributed by atoms with Crippen LogP contribution >= 0.6 is 0 Å². The predicted molar refractivity (Wildman–Crippen MR) is 43.0 cm³/mol. The molecule has 1 amide bonds. The molecule has 2 heterocycles. The molecule has 2 rings (SSSR count). The number of fused-ring (bicyclic) bond motifs is 1. The fraction of sp³-hybridized carbons (Fsp3) is 0.250. The number of rotatable bonds is 0. The van der Waals surface area contributed by atoms with Gasteiger partial charge in [0.25, 0.3) is 5.91 Å². The monoisotopic (exact) mass is 164 g/mol. The van der Waals surface area contributed by atoms with Crippen LogP contribution in [-0.2, 0) is 4.79 Å². The minimum Gasteiger partial charge on any atom is -0.479 e. The number of nitrogens with zero attached hydrogens (tertiary/aromatic N) is 1. The van der Waals surface area contributed by atoms with E-state index >= 15 is 0 Å². The zero-order valence-corrected chi connectivity index (χ0v) is 6.57. The summed E-state index contributed by atoms with van der Waals surface area (Å²) in [7, 11) is 0. The molecule has 0 spiro atoms. The van der Waals surface area contributed by atoms with Gasteiger partial charge in [-0.3, -0.25) is 9.78 Å². The fourth-order valence-electron chi connectivity index (χ4n) is 1.06. The molecule has 1 aliphatic rings. The molecule has 62 valence electrons. The molecule has 0 saturated carbocycles. The third kappa shape index (κ3) is 1.01. The van der Waals surface area contributed by atoms with Crippen molar-refractivity contribution >= 4 is 11.6 Å². The highest BCUT2D eigenvalue weighted by Gasteiger charge is 2.22. The van der Waals surface area contributed by atoms with Gasteiger partial charge in [-0.05, 0) is 6.92 Å². The summed E-state index contributed by atoms with van der Waals surface area (Å²) in [5.74, 6) is 0.549. The molecular formula is C8H8N2O2. The molecule has 1 unspecified atom stereocenters. The lowest BCUT2D eigenvalue weighted by molar-refractivity contribution is -0.122. The molecule has 12 heavy (non-hydrogen) atoms. The van der Waals surface area contributed by atoms with Crippen molar-refractivity contribution in [2.75, 3.05) is 5.32 Å². The van der Waals surface area contributed by atoms with Crippen molar-refractivity contribution in [3.05, 3.63) is 18.5 Å². The average molecular weight is 164 g/mol. The number of carbonyl (C=O) groups excluding carboxylic acids is 1. The van der Waals surface area contributed by atoms with Gasteiger partial charge in [-0.25, -0.2) is 0 Å². The Morgan fingerprint density at radius 3 is 3.33 bits per heavy atom. The number of pyridine rings is 1. The van der Waals surface area contributed by atoms with Crippen LogP contribution in [0.1, 0.15) is 6.92 Å². The maximum atomic E-state index is 11.1. The zero-order valence-electron chi connectivity index (χ0n) is 6.57. The van der Waals surface area contributed by atoms with Gasteiger partial charge >= 0.3 is 0 Å². The van der Waals surface area contributed by atoms with Crippen molar-refractivity contribution < 1.29 is 9.53 Å². The SMILES string of the molecule is CC1Oc2ccncc2NC1=O. The van der Waals surface area contributed by atoms with Gasteiger partial charge in [0.15, 0.2) is 6.10 Å². The number of aromatic nitrogens is 1. The molecule has 0 aromatic carbocycles. The van der Waals surface area contributed by atoms with Crippen molar-refractivity contribution in [3.63, 3.8) is 0 Å². The summed E-state index contributed by atoms with van der Waals surface area (Å²) in [5, 5.41) is 2.68. The van der Waals surface area contributed by atoms with Gasteiger partial charge in [-0.1, -0.05) is 0 Å². The first-order chi connectivity index (χ1) is 5.77.